The summed E-state index contributed by atoms with van der Waals surface area (Å²) in [5.74, 6) is 0. The number of rotatable bonds is 5. The molecule has 0 aromatic heterocycles. The molecule has 0 saturated heterocycles. The Morgan fingerprint density at radius 2 is 1.94 bits per heavy atom. The summed E-state index contributed by atoms with van der Waals surface area (Å²) in [4.78, 5) is 1.32. The lowest BCUT2D eigenvalue weighted by Crippen LogP contribution is -1.89. The Bertz CT molecular complexity index is 410. The van der Waals surface area contributed by atoms with Crippen molar-refractivity contribution in [2.45, 2.75) is 30.9 Å². The Kier molecular flexibility index (Phi) is 5.85. The molecule has 0 aliphatic heterocycles. The summed E-state index contributed by atoms with van der Waals surface area (Å²) in [6, 6.07) is 8.66. The van der Waals surface area contributed by atoms with E-state index in [-0.39, 0.29) is 0 Å². The lowest BCUT2D eigenvalue weighted by molar-refractivity contribution is 1.22. The van der Waals surface area contributed by atoms with Gasteiger partial charge in [0.25, 0.3) is 0 Å². The molecule has 0 aliphatic carbocycles. The Balaban J connectivity index is 2.55. The Hall–Kier alpha value is -1.21. The molecular formula is C16H20S. The molecule has 0 aliphatic rings. The average Bonchev–Trinajstić information content (AvgIpc) is 2.30. The highest BCUT2D eigenvalue weighted by Gasteiger charge is 1.99. The fraction of sp³-hybridized carbons (Fsp3) is 0.250. The van der Waals surface area contributed by atoms with Crippen LogP contribution in [0.4, 0.5) is 0 Å². The maximum absolute atomic E-state index is 3.69. The van der Waals surface area contributed by atoms with Gasteiger partial charge in [-0.1, -0.05) is 54.2 Å². The normalized spacial score (nSPS) is 13.9. The predicted octanol–water partition coefficient (Wildman–Crippen LogP) is 5.16. The van der Waals surface area contributed by atoms with Gasteiger partial charge in [0.1, 0.15) is 0 Å². The zero-order valence-electron chi connectivity index (χ0n) is 10.8. The van der Waals surface area contributed by atoms with Crippen LogP contribution < -0.4 is 0 Å². The van der Waals surface area contributed by atoms with Crippen LogP contribution in [0.25, 0.3) is 0 Å². The van der Waals surface area contributed by atoms with Gasteiger partial charge < -0.3 is 0 Å². The molecule has 0 nitrogen and oxygen atoms in total. The topological polar surface area (TPSA) is 0 Å². The molecule has 0 spiro atoms. The Morgan fingerprint density at radius 3 is 2.53 bits per heavy atom. The SMILES string of the molecule is C=C/C=C(C)\C=C/C(C)Sc1ccc(C)cc1. The minimum atomic E-state index is 0.478. The van der Waals surface area contributed by atoms with Crippen molar-refractivity contribution in [2.75, 3.05) is 0 Å². The number of benzene rings is 1. The molecule has 0 N–H and O–H groups in total. The molecule has 0 amide bonds. The number of hydrogen-bond donors (Lipinski definition) is 0. The molecule has 0 heterocycles. The van der Waals surface area contributed by atoms with Crippen molar-refractivity contribution in [1.82, 2.24) is 0 Å². The van der Waals surface area contributed by atoms with Gasteiger partial charge in [-0.2, -0.15) is 0 Å². The van der Waals surface area contributed by atoms with Crippen LogP contribution in [0.2, 0.25) is 0 Å². The largest absolute Gasteiger partial charge is 0.119 e. The molecule has 1 unspecified atom stereocenters. The van der Waals surface area contributed by atoms with Crippen molar-refractivity contribution in [3.05, 3.63) is 66.3 Å². The monoisotopic (exact) mass is 244 g/mol. The van der Waals surface area contributed by atoms with E-state index in [9.17, 15) is 0 Å². The number of hydrogen-bond acceptors (Lipinski definition) is 1. The van der Waals surface area contributed by atoms with Gasteiger partial charge in [0.2, 0.25) is 0 Å². The second-order valence-corrected chi connectivity index (χ2v) is 5.59. The van der Waals surface area contributed by atoms with Crippen molar-refractivity contribution in [3.8, 4) is 0 Å². The van der Waals surface area contributed by atoms with Crippen molar-refractivity contribution < 1.29 is 0 Å². The highest BCUT2D eigenvalue weighted by molar-refractivity contribution is 8.00. The standard InChI is InChI=1S/C16H20S/c1-5-6-13(2)7-10-15(4)17-16-11-8-14(3)9-12-16/h5-12,15H,1H2,2-4H3/b10-7-,13-6-. The molecule has 90 valence electrons. The van der Waals surface area contributed by atoms with E-state index in [2.05, 4.69) is 63.8 Å². The Labute approximate surface area is 109 Å². The van der Waals surface area contributed by atoms with Crippen LogP contribution in [0.5, 0.6) is 0 Å². The molecule has 1 atom stereocenters. The molecule has 1 aromatic rings. The van der Waals surface area contributed by atoms with Gasteiger partial charge >= 0.3 is 0 Å². The summed E-state index contributed by atoms with van der Waals surface area (Å²) >= 11 is 1.87. The summed E-state index contributed by atoms with van der Waals surface area (Å²) in [5, 5.41) is 0.478. The van der Waals surface area contributed by atoms with Crippen molar-refractivity contribution in [3.63, 3.8) is 0 Å². The summed E-state index contributed by atoms with van der Waals surface area (Å²) in [6.07, 6.45) is 8.20. The van der Waals surface area contributed by atoms with Gasteiger partial charge in [-0.05, 0) is 32.9 Å². The van der Waals surface area contributed by atoms with E-state index < -0.39 is 0 Å². The van der Waals surface area contributed by atoms with Gasteiger partial charge in [0.15, 0.2) is 0 Å². The van der Waals surface area contributed by atoms with Crippen molar-refractivity contribution in [1.29, 1.82) is 0 Å². The van der Waals surface area contributed by atoms with E-state index in [1.165, 1.54) is 16.0 Å². The van der Waals surface area contributed by atoms with Crippen LogP contribution in [0.3, 0.4) is 0 Å². The third kappa shape index (κ3) is 5.60. The van der Waals surface area contributed by atoms with E-state index in [1.54, 1.807) is 0 Å². The minimum absolute atomic E-state index is 0.478. The summed E-state index contributed by atoms with van der Waals surface area (Å²) in [6.45, 7) is 10.1. The Morgan fingerprint density at radius 1 is 1.29 bits per heavy atom. The van der Waals surface area contributed by atoms with Crippen LogP contribution in [-0.4, -0.2) is 5.25 Å². The minimum Gasteiger partial charge on any atom is -0.119 e. The molecule has 0 bridgehead atoms. The number of allylic oxidation sites excluding steroid dienone is 4. The van der Waals surface area contributed by atoms with Crippen LogP contribution in [-0.2, 0) is 0 Å². The fourth-order valence-electron chi connectivity index (χ4n) is 1.40. The van der Waals surface area contributed by atoms with E-state index in [4.69, 9.17) is 0 Å². The lowest BCUT2D eigenvalue weighted by Gasteiger charge is -2.06. The molecule has 17 heavy (non-hydrogen) atoms. The van der Waals surface area contributed by atoms with Gasteiger partial charge in [0, 0.05) is 10.1 Å². The first-order valence-electron chi connectivity index (χ1n) is 5.82. The maximum atomic E-state index is 3.69. The molecule has 1 rings (SSSR count). The van der Waals surface area contributed by atoms with Gasteiger partial charge in [-0.3, -0.25) is 0 Å². The van der Waals surface area contributed by atoms with E-state index in [0.717, 1.165) is 0 Å². The second-order valence-electron chi connectivity index (χ2n) is 4.14. The number of thioether (sulfide) groups is 1. The molecule has 1 heteroatoms. The van der Waals surface area contributed by atoms with Crippen LogP contribution >= 0.6 is 11.8 Å². The van der Waals surface area contributed by atoms with E-state index in [0.29, 0.717) is 5.25 Å². The third-order valence-electron chi connectivity index (χ3n) is 2.35. The summed E-state index contributed by atoms with van der Waals surface area (Å²) in [7, 11) is 0. The molecule has 0 saturated carbocycles. The first kappa shape index (κ1) is 13.9. The zero-order chi connectivity index (χ0) is 12.7. The third-order valence-corrected chi connectivity index (χ3v) is 3.43. The van der Waals surface area contributed by atoms with E-state index in [1.807, 2.05) is 23.9 Å². The first-order chi connectivity index (χ1) is 8.11. The molecule has 0 radical (unpaired) electrons. The first-order valence-corrected chi connectivity index (χ1v) is 6.70. The maximum Gasteiger partial charge on any atom is 0.0249 e. The smallest absolute Gasteiger partial charge is 0.0249 e. The zero-order valence-corrected chi connectivity index (χ0v) is 11.6. The summed E-state index contributed by atoms with van der Waals surface area (Å²) in [5.41, 5.74) is 2.54. The highest BCUT2D eigenvalue weighted by Crippen LogP contribution is 2.24. The highest BCUT2D eigenvalue weighted by atomic mass is 32.2. The van der Waals surface area contributed by atoms with Gasteiger partial charge in [-0.25, -0.2) is 0 Å². The van der Waals surface area contributed by atoms with Crippen LogP contribution in [0.1, 0.15) is 19.4 Å². The van der Waals surface area contributed by atoms with Crippen molar-refractivity contribution >= 4 is 11.8 Å². The van der Waals surface area contributed by atoms with Gasteiger partial charge in [-0.15, -0.1) is 11.8 Å². The molecule has 1 aromatic carbocycles. The lowest BCUT2D eigenvalue weighted by atomic mass is 10.2. The van der Waals surface area contributed by atoms with Crippen LogP contribution in [0.15, 0.2) is 65.6 Å². The average molecular weight is 244 g/mol. The fourth-order valence-corrected chi connectivity index (χ4v) is 2.28. The predicted molar refractivity (Wildman–Crippen MR) is 79.6 cm³/mol. The molecular weight excluding hydrogens is 224 g/mol. The molecule has 0 fully saturated rings. The van der Waals surface area contributed by atoms with E-state index >= 15 is 0 Å². The summed E-state index contributed by atoms with van der Waals surface area (Å²) < 4.78 is 0. The van der Waals surface area contributed by atoms with Crippen LogP contribution in [0, 0.1) is 6.92 Å². The quantitative estimate of drug-likeness (QED) is 0.509. The number of aryl methyl sites for hydroxylation is 1. The van der Waals surface area contributed by atoms with Crippen molar-refractivity contribution in [2.24, 2.45) is 0 Å². The second kappa shape index (κ2) is 7.18. The van der Waals surface area contributed by atoms with Gasteiger partial charge in [0.05, 0.1) is 0 Å².